The molecule has 1 aromatic rings. The van der Waals surface area contributed by atoms with E-state index in [2.05, 4.69) is 22.1 Å². The Morgan fingerprint density at radius 2 is 2.40 bits per heavy atom. The highest BCUT2D eigenvalue weighted by atomic mass is 32.1. The molecule has 20 heavy (non-hydrogen) atoms. The van der Waals surface area contributed by atoms with Crippen LogP contribution in [0.1, 0.15) is 29.4 Å². The molecular weight excluding hydrogens is 272 g/mol. The fraction of sp³-hybridized carbons (Fsp3) is 0.500. The number of hydrogen-bond acceptors (Lipinski definition) is 4. The van der Waals surface area contributed by atoms with Gasteiger partial charge in [0.05, 0.1) is 0 Å². The standard InChI is InChI=1S/C14H20N4OS/c1-2-18-6-5-10(9-18)7-17-14(19)12-4-3-11(8-16-12)13(15)20/h3-4,8,10H,2,5-7,9H2,1H3,(H2,15,20)(H,17,19). The zero-order chi connectivity index (χ0) is 14.5. The van der Waals surface area contributed by atoms with E-state index in [1.165, 1.54) is 6.20 Å². The molecule has 1 saturated heterocycles. The lowest BCUT2D eigenvalue weighted by Gasteiger charge is -2.13. The van der Waals surface area contributed by atoms with Gasteiger partial charge in [0.1, 0.15) is 10.7 Å². The second kappa shape index (κ2) is 6.76. The zero-order valence-corrected chi connectivity index (χ0v) is 12.4. The Labute approximate surface area is 124 Å². The number of pyridine rings is 1. The summed E-state index contributed by atoms with van der Waals surface area (Å²) < 4.78 is 0. The molecule has 1 fully saturated rings. The first kappa shape index (κ1) is 14.9. The monoisotopic (exact) mass is 292 g/mol. The number of carbonyl (C=O) groups is 1. The maximum absolute atomic E-state index is 12.0. The quantitative estimate of drug-likeness (QED) is 0.785. The summed E-state index contributed by atoms with van der Waals surface area (Å²) in [6, 6.07) is 3.37. The van der Waals surface area contributed by atoms with Gasteiger partial charge in [-0.2, -0.15) is 0 Å². The molecule has 0 radical (unpaired) electrons. The van der Waals surface area contributed by atoms with Crippen LogP contribution in [0.5, 0.6) is 0 Å². The van der Waals surface area contributed by atoms with Gasteiger partial charge in [-0.25, -0.2) is 0 Å². The van der Waals surface area contributed by atoms with Gasteiger partial charge in [-0.15, -0.1) is 0 Å². The molecule has 1 amide bonds. The second-order valence-corrected chi connectivity index (χ2v) is 5.49. The van der Waals surface area contributed by atoms with Crippen molar-refractivity contribution < 1.29 is 4.79 Å². The number of nitrogens with two attached hydrogens (primary N) is 1. The Bertz CT molecular complexity index is 488. The molecular formula is C14H20N4OS. The lowest BCUT2D eigenvalue weighted by molar-refractivity contribution is 0.0942. The lowest BCUT2D eigenvalue weighted by atomic mass is 10.1. The Balaban J connectivity index is 1.84. The summed E-state index contributed by atoms with van der Waals surface area (Å²) in [5, 5.41) is 2.94. The Morgan fingerprint density at radius 3 is 2.95 bits per heavy atom. The van der Waals surface area contributed by atoms with Gasteiger partial charge in [-0.3, -0.25) is 9.78 Å². The van der Waals surface area contributed by atoms with Crippen LogP contribution in [0.15, 0.2) is 18.3 Å². The SMILES string of the molecule is CCN1CCC(CNC(=O)c2ccc(C(N)=S)cn2)C1. The van der Waals surface area contributed by atoms with Crippen molar-refractivity contribution in [2.24, 2.45) is 11.7 Å². The molecule has 2 rings (SSSR count). The summed E-state index contributed by atoms with van der Waals surface area (Å²) in [6.45, 7) is 6.12. The first-order chi connectivity index (χ1) is 9.60. The molecule has 1 aliphatic heterocycles. The van der Waals surface area contributed by atoms with E-state index in [4.69, 9.17) is 18.0 Å². The number of nitrogens with zero attached hydrogens (tertiary/aromatic N) is 2. The van der Waals surface area contributed by atoms with Crippen molar-refractivity contribution in [1.82, 2.24) is 15.2 Å². The van der Waals surface area contributed by atoms with Crippen LogP contribution in [-0.2, 0) is 0 Å². The van der Waals surface area contributed by atoms with Crippen LogP contribution in [0, 0.1) is 5.92 Å². The van der Waals surface area contributed by atoms with Gasteiger partial charge in [-0.1, -0.05) is 19.1 Å². The van der Waals surface area contributed by atoms with Gasteiger partial charge < -0.3 is 16.0 Å². The van der Waals surface area contributed by atoms with Crippen LogP contribution < -0.4 is 11.1 Å². The molecule has 0 bridgehead atoms. The lowest BCUT2D eigenvalue weighted by Crippen LogP contribution is -2.31. The Kier molecular flexibility index (Phi) is 5.03. The fourth-order valence-corrected chi connectivity index (χ4v) is 2.49. The predicted molar refractivity (Wildman–Crippen MR) is 82.7 cm³/mol. The number of carbonyl (C=O) groups excluding carboxylic acids is 1. The van der Waals surface area contributed by atoms with E-state index < -0.39 is 0 Å². The number of nitrogens with one attached hydrogen (secondary N) is 1. The molecule has 0 aromatic carbocycles. The van der Waals surface area contributed by atoms with E-state index in [1.807, 2.05) is 0 Å². The van der Waals surface area contributed by atoms with Crippen molar-refractivity contribution in [2.45, 2.75) is 13.3 Å². The minimum absolute atomic E-state index is 0.144. The molecule has 5 nitrogen and oxygen atoms in total. The van der Waals surface area contributed by atoms with E-state index >= 15 is 0 Å². The number of aromatic nitrogens is 1. The van der Waals surface area contributed by atoms with Crippen LogP contribution in [0.25, 0.3) is 0 Å². The van der Waals surface area contributed by atoms with E-state index in [-0.39, 0.29) is 10.9 Å². The number of likely N-dealkylation sites (tertiary alicyclic amines) is 1. The molecule has 1 atom stereocenters. The van der Waals surface area contributed by atoms with E-state index in [0.717, 1.165) is 26.1 Å². The van der Waals surface area contributed by atoms with Crippen LogP contribution in [-0.4, -0.2) is 47.0 Å². The third-order valence-electron chi connectivity index (χ3n) is 3.65. The van der Waals surface area contributed by atoms with Gasteiger partial charge in [0.15, 0.2) is 0 Å². The van der Waals surface area contributed by atoms with Crippen molar-refractivity contribution >= 4 is 23.1 Å². The van der Waals surface area contributed by atoms with Gasteiger partial charge in [0.25, 0.3) is 5.91 Å². The minimum atomic E-state index is -0.144. The summed E-state index contributed by atoms with van der Waals surface area (Å²) in [7, 11) is 0. The van der Waals surface area contributed by atoms with E-state index in [9.17, 15) is 4.79 Å². The molecule has 108 valence electrons. The first-order valence-electron chi connectivity index (χ1n) is 6.86. The highest BCUT2D eigenvalue weighted by molar-refractivity contribution is 7.80. The number of thiocarbonyl (C=S) groups is 1. The average molecular weight is 292 g/mol. The molecule has 1 unspecified atom stereocenters. The molecule has 6 heteroatoms. The van der Waals surface area contributed by atoms with Crippen molar-refractivity contribution in [3.8, 4) is 0 Å². The van der Waals surface area contributed by atoms with Gasteiger partial charge >= 0.3 is 0 Å². The van der Waals surface area contributed by atoms with Gasteiger partial charge in [0, 0.05) is 24.8 Å². The van der Waals surface area contributed by atoms with Gasteiger partial charge in [-0.05, 0) is 37.6 Å². The predicted octanol–water partition coefficient (Wildman–Crippen LogP) is 0.787. The van der Waals surface area contributed by atoms with Crippen LogP contribution in [0.4, 0.5) is 0 Å². The van der Waals surface area contributed by atoms with Crippen molar-refractivity contribution in [3.05, 3.63) is 29.6 Å². The summed E-state index contributed by atoms with van der Waals surface area (Å²) in [5.41, 5.74) is 6.56. The van der Waals surface area contributed by atoms with Crippen molar-refractivity contribution in [1.29, 1.82) is 0 Å². The molecule has 0 spiro atoms. The third kappa shape index (κ3) is 3.74. The zero-order valence-electron chi connectivity index (χ0n) is 11.6. The Hall–Kier alpha value is -1.53. The number of amides is 1. The summed E-state index contributed by atoms with van der Waals surface area (Å²) in [4.78, 5) is 18.8. The average Bonchev–Trinajstić information content (AvgIpc) is 2.93. The molecule has 2 heterocycles. The highest BCUT2D eigenvalue weighted by Gasteiger charge is 2.21. The molecule has 0 saturated carbocycles. The second-order valence-electron chi connectivity index (χ2n) is 5.05. The first-order valence-corrected chi connectivity index (χ1v) is 7.27. The largest absolute Gasteiger partial charge is 0.389 e. The molecule has 1 aromatic heterocycles. The summed E-state index contributed by atoms with van der Waals surface area (Å²) >= 11 is 4.85. The van der Waals surface area contributed by atoms with Crippen molar-refractivity contribution in [3.63, 3.8) is 0 Å². The van der Waals surface area contributed by atoms with E-state index in [1.54, 1.807) is 12.1 Å². The summed E-state index contributed by atoms with van der Waals surface area (Å²) in [6.07, 6.45) is 2.67. The van der Waals surface area contributed by atoms with Crippen LogP contribution in [0.2, 0.25) is 0 Å². The normalized spacial score (nSPS) is 18.9. The molecule has 0 aliphatic carbocycles. The molecule has 1 aliphatic rings. The van der Waals surface area contributed by atoms with Crippen LogP contribution >= 0.6 is 12.2 Å². The van der Waals surface area contributed by atoms with Crippen molar-refractivity contribution in [2.75, 3.05) is 26.2 Å². The number of rotatable bonds is 5. The fourth-order valence-electron chi connectivity index (χ4n) is 2.37. The maximum Gasteiger partial charge on any atom is 0.269 e. The maximum atomic E-state index is 12.0. The van der Waals surface area contributed by atoms with Gasteiger partial charge in [0.2, 0.25) is 0 Å². The molecule has 3 N–H and O–H groups in total. The van der Waals surface area contributed by atoms with E-state index in [0.29, 0.717) is 23.7 Å². The third-order valence-corrected chi connectivity index (χ3v) is 3.88. The number of hydrogen-bond donors (Lipinski definition) is 2. The highest BCUT2D eigenvalue weighted by Crippen LogP contribution is 2.14. The Morgan fingerprint density at radius 1 is 1.60 bits per heavy atom. The smallest absolute Gasteiger partial charge is 0.269 e. The van der Waals surface area contributed by atoms with Crippen LogP contribution in [0.3, 0.4) is 0 Å². The topological polar surface area (TPSA) is 71.2 Å². The minimum Gasteiger partial charge on any atom is -0.389 e. The summed E-state index contributed by atoms with van der Waals surface area (Å²) in [5.74, 6) is 0.393.